The monoisotopic (exact) mass is 241 g/mol. The highest BCUT2D eigenvalue weighted by Gasteiger charge is 2.19. The number of ether oxygens (including phenoxy) is 1. The lowest BCUT2D eigenvalue weighted by atomic mass is 10.1. The molecule has 0 radical (unpaired) electrons. The first-order chi connectivity index (χ1) is 7.99. The summed E-state index contributed by atoms with van der Waals surface area (Å²) in [4.78, 5) is 1.79. The summed E-state index contributed by atoms with van der Waals surface area (Å²) < 4.78 is 18.9. The molecule has 0 spiro atoms. The Morgan fingerprint density at radius 2 is 2.06 bits per heavy atom. The number of nitrogens with zero attached hydrogens (tertiary/aromatic N) is 1. The molecule has 0 aliphatic rings. The summed E-state index contributed by atoms with van der Waals surface area (Å²) >= 11 is 0. The molecule has 0 heterocycles. The van der Waals surface area contributed by atoms with Crippen LogP contribution in [0.2, 0.25) is 0 Å². The van der Waals surface area contributed by atoms with E-state index in [4.69, 9.17) is 4.74 Å². The van der Waals surface area contributed by atoms with Crippen LogP contribution in [-0.2, 0) is 4.74 Å². The fraction of sp³-hybridized carbons (Fsp3) is 0.538. The zero-order chi connectivity index (χ0) is 13.0. The zero-order valence-corrected chi connectivity index (χ0v) is 10.8. The van der Waals surface area contributed by atoms with E-state index in [0.717, 1.165) is 0 Å². The second-order valence-corrected chi connectivity index (χ2v) is 4.27. The van der Waals surface area contributed by atoms with Crippen molar-refractivity contribution in [1.29, 1.82) is 0 Å². The number of aliphatic hydroxyl groups is 1. The second-order valence-electron chi connectivity index (χ2n) is 4.27. The first-order valence-corrected chi connectivity index (χ1v) is 5.67. The van der Waals surface area contributed by atoms with Gasteiger partial charge in [-0.05, 0) is 19.9 Å². The van der Waals surface area contributed by atoms with Crippen LogP contribution in [0.5, 0.6) is 0 Å². The topological polar surface area (TPSA) is 32.7 Å². The average molecular weight is 241 g/mol. The minimum Gasteiger partial charge on any atom is -0.389 e. The molecule has 2 atom stereocenters. The number of anilines is 1. The van der Waals surface area contributed by atoms with Crippen LogP contribution in [0.1, 0.15) is 25.5 Å². The SMILES string of the molecule is COCC(C)N(C)c1c(F)cccc1[C@@H](C)O. The van der Waals surface area contributed by atoms with Crippen molar-refractivity contribution >= 4 is 5.69 Å². The van der Waals surface area contributed by atoms with E-state index < -0.39 is 6.10 Å². The zero-order valence-electron chi connectivity index (χ0n) is 10.8. The number of para-hydroxylation sites is 1. The molecule has 1 aromatic carbocycles. The molecule has 0 amide bonds. The summed E-state index contributed by atoms with van der Waals surface area (Å²) in [6.07, 6.45) is -0.696. The molecule has 0 aliphatic heterocycles. The lowest BCUT2D eigenvalue weighted by Gasteiger charge is -2.29. The highest BCUT2D eigenvalue weighted by molar-refractivity contribution is 5.55. The summed E-state index contributed by atoms with van der Waals surface area (Å²) in [6, 6.07) is 4.78. The van der Waals surface area contributed by atoms with E-state index >= 15 is 0 Å². The van der Waals surface area contributed by atoms with Crippen molar-refractivity contribution in [1.82, 2.24) is 0 Å². The maximum atomic E-state index is 13.9. The maximum Gasteiger partial charge on any atom is 0.146 e. The van der Waals surface area contributed by atoms with Gasteiger partial charge in [0.1, 0.15) is 5.82 Å². The Morgan fingerprint density at radius 3 is 2.59 bits per heavy atom. The average Bonchev–Trinajstić information content (AvgIpc) is 2.28. The third kappa shape index (κ3) is 3.17. The number of benzene rings is 1. The van der Waals surface area contributed by atoms with Gasteiger partial charge in [-0.1, -0.05) is 12.1 Å². The number of methoxy groups -OCH3 is 1. The summed E-state index contributed by atoms with van der Waals surface area (Å²) in [5, 5.41) is 9.66. The molecule has 0 saturated carbocycles. The fourth-order valence-corrected chi connectivity index (χ4v) is 1.81. The largest absolute Gasteiger partial charge is 0.389 e. The first kappa shape index (κ1) is 13.9. The van der Waals surface area contributed by atoms with Crippen LogP contribution in [0.4, 0.5) is 10.1 Å². The lowest BCUT2D eigenvalue weighted by Crippen LogP contribution is -2.34. The standard InChI is InChI=1S/C13H20FNO2/c1-9(8-17-4)15(3)13-11(10(2)16)6-5-7-12(13)14/h5-7,9-10,16H,8H2,1-4H3/t9?,10-/m1/s1. The molecule has 0 aliphatic carbocycles. The fourth-order valence-electron chi connectivity index (χ4n) is 1.81. The number of halogens is 1. The third-order valence-corrected chi connectivity index (χ3v) is 2.89. The van der Waals surface area contributed by atoms with Crippen molar-refractivity contribution in [3.63, 3.8) is 0 Å². The van der Waals surface area contributed by atoms with Crippen LogP contribution in [-0.4, -0.2) is 31.9 Å². The molecule has 1 aromatic rings. The molecular formula is C13H20FNO2. The Morgan fingerprint density at radius 1 is 1.41 bits per heavy atom. The quantitative estimate of drug-likeness (QED) is 0.859. The van der Waals surface area contributed by atoms with Crippen LogP contribution in [0.3, 0.4) is 0 Å². The molecule has 0 fully saturated rings. The van der Waals surface area contributed by atoms with Crippen molar-refractivity contribution < 1.29 is 14.2 Å². The van der Waals surface area contributed by atoms with Gasteiger partial charge in [0.15, 0.2) is 0 Å². The molecule has 1 rings (SSSR count). The van der Waals surface area contributed by atoms with Crippen LogP contribution < -0.4 is 4.90 Å². The summed E-state index contributed by atoms with van der Waals surface area (Å²) in [5.74, 6) is -0.325. The number of hydrogen-bond acceptors (Lipinski definition) is 3. The summed E-state index contributed by atoms with van der Waals surface area (Å²) in [7, 11) is 3.41. The predicted octanol–water partition coefficient (Wildman–Crippen LogP) is 2.35. The van der Waals surface area contributed by atoms with Crippen LogP contribution in [0.15, 0.2) is 18.2 Å². The minimum atomic E-state index is -0.696. The summed E-state index contributed by atoms with van der Waals surface area (Å²) in [5.41, 5.74) is 1.03. The van der Waals surface area contributed by atoms with E-state index in [1.54, 1.807) is 38.1 Å². The van der Waals surface area contributed by atoms with E-state index in [-0.39, 0.29) is 11.9 Å². The van der Waals surface area contributed by atoms with E-state index in [2.05, 4.69) is 0 Å². The van der Waals surface area contributed by atoms with E-state index in [0.29, 0.717) is 17.9 Å². The highest BCUT2D eigenvalue weighted by atomic mass is 19.1. The normalized spacial score (nSPS) is 14.5. The third-order valence-electron chi connectivity index (χ3n) is 2.89. The van der Waals surface area contributed by atoms with Gasteiger partial charge in [0.05, 0.1) is 18.4 Å². The molecule has 0 saturated heterocycles. The Labute approximate surface area is 102 Å². The van der Waals surface area contributed by atoms with Gasteiger partial charge in [0.2, 0.25) is 0 Å². The van der Waals surface area contributed by atoms with Crippen molar-refractivity contribution in [2.24, 2.45) is 0 Å². The Bertz CT molecular complexity index is 368. The van der Waals surface area contributed by atoms with Gasteiger partial charge in [-0.3, -0.25) is 0 Å². The van der Waals surface area contributed by atoms with Crippen LogP contribution in [0.25, 0.3) is 0 Å². The Hall–Kier alpha value is -1.13. The molecule has 1 unspecified atom stereocenters. The van der Waals surface area contributed by atoms with Gasteiger partial charge in [-0.2, -0.15) is 0 Å². The lowest BCUT2D eigenvalue weighted by molar-refractivity contribution is 0.181. The predicted molar refractivity (Wildman–Crippen MR) is 66.8 cm³/mol. The minimum absolute atomic E-state index is 0.0365. The molecule has 4 heteroatoms. The van der Waals surface area contributed by atoms with Crippen LogP contribution >= 0.6 is 0 Å². The van der Waals surface area contributed by atoms with Gasteiger partial charge < -0.3 is 14.7 Å². The molecule has 1 N–H and O–H groups in total. The van der Waals surface area contributed by atoms with Gasteiger partial charge >= 0.3 is 0 Å². The second kappa shape index (κ2) is 5.98. The van der Waals surface area contributed by atoms with E-state index in [1.807, 2.05) is 6.92 Å². The van der Waals surface area contributed by atoms with Gasteiger partial charge in [0.25, 0.3) is 0 Å². The van der Waals surface area contributed by atoms with Crippen molar-refractivity contribution in [2.75, 3.05) is 25.7 Å². The highest BCUT2D eigenvalue weighted by Crippen LogP contribution is 2.29. The van der Waals surface area contributed by atoms with Crippen LogP contribution in [0, 0.1) is 5.82 Å². The molecule has 96 valence electrons. The number of rotatable bonds is 5. The van der Waals surface area contributed by atoms with E-state index in [1.165, 1.54) is 6.07 Å². The molecule has 0 bridgehead atoms. The maximum absolute atomic E-state index is 13.9. The molecule has 0 aromatic heterocycles. The van der Waals surface area contributed by atoms with Gasteiger partial charge in [-0.25, -0.2) is 4.39 Å². The Balaban J connectivity index is 3.10. The smallest absolute Gasteiger partial charge is 0.146 e. The van der Waals surface area contributed by atoms with Gasteiger partial charge in [-0.15, -0.1) is 0 Å². The number of aliphatic hydroxyl groups excluding tert-OH is 1. The van der Waals surface area contributed by atoms with Crippen molar-refractivity contribution in [3.8, 4) is 0 Å². The van der Waals surface area contributed by atoms with E-state index in [9.17, 15) is 9.50 Å². The molecule has 3 nitrogen and oxygen atoms in total. The summed E-state index contributed by atoms with van der Waals surface area (Å²) in [6.45, 7) is 4.08. The van der Waals surface area contributed by atoms with Gasteiger partial charge in [0, 0.05) is 25.8 Å². The number of likely N-dealkylation sites (N-methyl/N-ethyl adjacent to an activating group) is 1. The first-order valence-electron chi connectivity index (χ1n) is 5.67. The molecular weight excluding hydrogens is 221 g/mol. The molecule has 17 heavy (non-hydrogen) atoms. The van der Waals surface area contributed by atoms with Crippen molar-refractivity contribution in [2.45, 2.75) is 26.0 Å². The number of hydrogen-bond donors (Lipinski definition) is 1. The van der Waals surface area contributed by atoms with Crippen molar-refractivity contribution in [3.05, 3.63) is 29.6 Å². The Kier molecular flexibility index (Phi) is 4.90.